The van der Waals surface area contributed by atoms with Crippen LogP contribution in [0.1, 0.15) is 0 Å². The van der Waals surface area contributed by atoms with E-state index in [0.29, 0.717) is 11.7 Å². The van der Waals surface area contributed by atoms with Crippen LogP contribution in [-0.4, -0.2) is 32.4 Å². The van der Waals surface area contributed by atoms with Crippen LogP contribution in [0, 0.1) is 0 Å². The molecule has 4 aromatic rings. The Morgan fingerprint density at radius 3 is 2.79 bits per heavy atom. The molecule has 4 rings (SSSR count). The number of methoxy groups -OCH3 is 1. The zero-order chi connectivity index (χ0) is 16.4. The van der Waals surface area contributed by atoms with Crippen LogP contribution < -0.4 is 4.74 Å². The Morgan fingerprint density at radius 1 is 1.08 bits per heavy atom. The van der Waals surface area contributed by atoms with Gasteiger partial charge in [-0.3, -0.25) is 10.1 Å². The molecule has 0 aliphatic heterocycles. The van der Waals surface area contributed by atoms with Crippen molar-refractivity contribution in [2.24, 2.45) is 0 Å². The normalized spacial score (nSPS) is 10.7. The summed E-state index contributed by atoms with van der Waals surface area (Å²) in [5.41, 5.74) is 3.30. The van der Waals surface area contributed by atoms with Gasteiger partial charge in [0.25, 0.3) is 5.89 Å². The Labute approximate surface area is 137 Å². The number of benzene rings is 1. The summed E-state index contributed by atoms with van der Waals surface area (Å²) >= 11 is 0. The highest BCUT2D eigenvalue weighted by Crippen LogP contribution is 2.30. The van der Waals surface area contributed by atoms with E-state index in [1.807, 2.05) is 36.4 Å². The molecule has 118 valence electrons. The van der Waals surface area contributed by atoms with Crippen LogP contribution in [-0.2, 0) is 0 Å². The SMILES string of the molecule is COc1cccc(-c2noc(-c3cn[nH]c3-c3ccncc3)n2)c1. The second-order valence-electron chi connectivity index (χ2n) is 5.05. The van der Waals surface area contributed by atoms with Crippen LogP contribution in [0.4, 0.5) is 0 Å². The highest BCUT2D eigenvalue weighted by molar-refractivity contribution is 5.76. The van der Waals surface area contributed by atoms with E-state index in [2.05, 4.69) is 25.3 Å². The Bertz CT molecular complexity index is 962. The van der Waals surface area contributed by atoms with Crippen LogP contribution in [0.2, 0.25) is 0 Å². The minimum Gasteiger partial charge on any atom is -0.497 e. The highest BCUT2D eigenvalue weighted by atomic mass is 16.5. The lowest BCUT2D eigenvalue weighted by molar-refractivity contribution is 0.414. The molecule has 0 saturated heterocycles. The molecule has 0 aliphatic rings. The fourth-order valence-electron chi connectivity index (χ4n) is 2.40. The monoisotopic (exact) mass is 319 g/mol. The maximum absolute atomic E-state index is 5.42. The number of hydrogen-bond donors (Lipinski definition) is 1. The van der Waals surface area contributed by atoms with Gasteiger partial charge in [0.15, 0.2) is 0 Å². The molecule has 3 heterocycles. The van der Waals surface area contributed by atoms with Gasteiger partial charge < -0.3 is 9.26 Å². The predicted octanol–water partition coefficient (Wildman–Crippen LogP) is 3.20. The van der Waals surface area contributed by atoms with Crippen molar-refractivity contribution in [2.75, 3.05) is 7.11 Å². The maximum Gasteiger partial charge on any atom is 0.262 e. The smallest absolute Gasteiger partial charge is 0.262 e. The van der Waals surface area contributed by atoms with Crippen LogP contribution in [0.15, 0.2) is 59.5 Å². The minimum absolute atomic E-state index is 0.397. The number of ether oxygens (including phenoxy) is 1. The molecule has 3 aromatic heterocycles. The van der Waals surface area contributed by atoms with Crippen LogP contribution in [0.5, 0.6) is 5.75 Å². The number of aromatic nitrogens is 5. The van der Waals surface area contributed by atoms with Crippen molar-refractivity contribution < 1.29 is 9.26 Å². The second-order valence-corrected chi connectivity index (χ2v) is 5.05. The van der Waals surface area contributed by atoms with Crippen molar-refractivity contribution in [3.8, 4) is 39.8 Å². The topological polar surface area (TPSA) is 89.7 Å². The maximum atomic E-state index is 5.42. The van der Waals surface area contributed by atoms with Gasteiger partial charge in [0.1, 0.15) is 5.75 Å². The van der Waals surface area contributed by atoms with E-state index in [1.54, 1.807) is 25.7 Å². The van der Waals surface area contributed by atoms with Crippen molar-refractivity contribution in [3.05, 3.63) is 55.0 Å². The number of rotatable bonds is 4. The average molecular weight is 319 g/mol. The van der Waals surface area contributed by atoms with E-state index < -0.39 is 0 Å². The van der Waals surface area contributed by atoms with E-state index in [4.69, 9.17) is 9.26 Å². The summed E-state index contributed by atoms with van der Waals surface area (Å²) in [6.07, 6.45) is 5.10. The van der Waals surface area contributed by atoms with Gasteiger partial charge in [0.2, 0.25) is 5.82 Å². The number of H-pyrrole nitrogens is 1. The molecule has 0 unspecified atom stereocenters. The molecule has 0 fully saturated rings. The quantitative estimate of drug-likeness (QED) is 0.621. The summed E-state index contributed by atoms with van der Waals surface area (Å²) < 4.78 is 10.6. The van der Waals surface area contributed by atoms with Gasteiger partial charge in [-0.05, 0) is 24.3 Å². The fourth-order valence-corrected chi connectivity index (χ4v) is 2.40. The molecule has 0 spiro atoms. The fraction of sp³-hybridized carbons (Fsp3) is 0.0588. The van der Waals surface area contributed by atoms with E-state index in [1.165, 1.54) is 0 Å². The first kappa shape index (κ1) is 14.1. The van der Waals surface area contributed by atoms with Crippen molar-refractivity contribution in [3.63, 3.8) is 0 Å². The molecule has 0 bridgehead atoms. The van der Waals surface area contributed by atoms with Crippen LogP contribution in [0.25, 0.3) is 34.1 Å². The Morgan fingerprint density at radius 2 is 1.96 bits per heavy atom. The van der Waals surface area contributed by atoms with Crippen molar-refractivity contribution in [1.82, 2.24) is 25.3 Å². The van der Waals surface area contributed by atoms with Crippen LogP contribution in [0.3, 0.4) is 0 Å². The van der Waals surface area contributed by atoms with E-state index in [-0.39, 0.29) is 0 Å². The molecule has 24 heavy (non-hydrogen) atoms. The van der Waals surface area contributed by atoms with Gasteiger partial charge in [-0.15, -0.1) is 0 Å². The number of aromatic amines is 1. The van der Waals surface area contributed by atoms with Crippen molar-refractivity contribution in [1.29, 1.82) is 0 Å². The number of pyridine rings is 1. The van der Waals surface area contributed by atoms with Gasteiger partial charge in [-0.25, -0.2) is 0 Å². The Balaban J connectivity index is 1.73. The first-order valence-electron chi connectivity index (χ1n) is 7.27. The Hall–Kier alpha value is -3.48. The van der Waals surface area contributed by atoms with Gasteiger partial charge in [0.05, 0.1) is 24.6 Å². The zero-order valence-corrected chi connectivity index (χ0v) is 12.8. The summed E-state index contributed by atoms with van der Waals surface area (Å²) in [5.74, 6) is 1.62. The summed E-state index contributed by atoms with van der Waals surface area (Å²) in [6, 6.07) is 11.3. The molecule has 0 aliphatic carbocycles. The first-order valence-corrected chi connectivity index (χ1v) is 7.27. The largest absolute Gasteiger partial charge is 0.497 e. The molecule has 1 aromatic carbocycles. The third-order valence-electron chi connectivity index (χ3n) is 3.59. The molecular formula is C17H13N5O2. The van der Waals surface area contributed by atoms with Gasteiger partial charge in [-0.2, -0.15) is 10.1 Å². The molecule has 1 N–H and O–H groups in total. The second kappa shape index (κ2) is 5.96. The van der Waals surface area contributed by atoms with Crippen LogP contribution >= 0.6 is 0 Å². The summed E-state index contributed by atoms with van der Waals surface area (Å²) in [5, 5.41) is 11.1. The summed E-state index contributed by atoms with van der Waals surface area (Å²) in [7, 11) is 1.62. The molecular weight excluding hydrogens is 306 g/mol. The van der Waals surface area contributed by atoms with Crippen molar-refractivity contribution in [2.45, 2.75) is 0 Å². The molecule has 7 heteroatoms. The van der Waals surface area contributed by atoms with Crippen molar-refractivity contribution >= 4 is 0 Å². The number of nitrogens with zero attached hydrogens (tertiary/aromatic N) is 4. The Kier molecular flexibility index (Phi) is 3.51. The van der Waals surface area contributed by atoms with E-state index >= 15 is 0 Å². The summed E-state index contributed by atoms with van der Waals surface area (Å²) in [6.45, 7) is 0. The van der Waals surface area contributed by atoms with E-state index in [9.17, 15) is 0 Å². The first-order chi connectivity index (χ1) is 11.8. The predicted molar refractivity (Wildman–Crippen MR) is 87.1 cm³/mol. The third-order valence-corrected chi connectivity index (χ3v) is 3.59. The van der Waals surface area contributed by atoms with Gasteiger partial charge >= 0.3 is 0 Å². The molecule has 0 atom stereocenters. The van der Waals surface area contributed by atoms with Gasteiger partial charge in [-0.1, -0.05) is 17.3 Å². The molecule has 7 nitrogen and oxygen atoms in total. The molecule has 0 saturated carbocycles. The third kappa shape index (κ3) is 2.52. The highest BCUT2D eigenvalue weighted by Gasteiger charge is 2.17. The minimum atomic E-state index is 0.397. The zero-order valence-electron chi connectivity index (χ0n) is 12.8. The lowest BCUT2D eigenvalue weighted by Gasteiger charge is -2.00. The lowest BCUT2D eigenvalue weighted by atomic mass is 10.1. The van der Waals surface area contributed by atoms with Gasteiger partial charge in [0, 0.05) is 23.5 Å². The number of hydrogen-bond acceptors (Lipinski definition) is 6. The summed E-state index contributed by atoms with van der Waals surface area (Å²) in [4.78, 5) is 8.50. The van der Waals surface area contributed by atoms with E-state index in [0.717, 1.165) is 28.1 Å². The number of nitrogens with one attached hydrogen (secondary N) is 1. The molecule has 0 radical (unpaired) electrons. The standard InChI is InChI=1S/C17H13N5O2/c1-23-13-4-2-3-12(9-13)16-20-17(24-22-16)14-10-19-21-15(14)11-5-7-18-8-6-11/h2-10H,1H3,(H,19,21). The molecule has 0 amide bonds. The average Bonchev–Trinajstić information content (AvgIpc) is 3.31. The lowest BCUT2D eigenvalue weighted by Crippen LogP contribution is -1.86.